The van der Waals surface area contributed by atoms with E-state index in [4.69, 9.17) is 4.74 Å². The second-order valence-electron chi connectivity index (χ2n) is 5.88. The predicted molar refractivity (Wildman–Crippen MR) is 80.9 cm³/mol. The largest absolute Gasteiger partial charge is 0.444 e. The number of amides is 1. The number of carbonyl (C=O) groups excluding carboxylic acids is 2. The molecule has 1 radical (unpaired) electrons. The van der Waals surface area contributed by atoms with E-state index >= 15 is 0 Å². The third-order valence-electron chi connectivity index (χ3n) is 2.93. The monoisotopic (exact) mass is 287 g/mol. The van der Waals surface area contributed by atoms with Gasteiger partial charge in [-0.25, -0.2) is 4.79 Å². The van der Waals surface area contributed by atoms with Gasteiger partial charge in [0.15, 0.2) is 0 Å². The van der Waals surface area contributed by atoms with E-state index in [1.54, 1.807) is 20.8 Å². The summed E-state index contributed by atoms with van der Waals surface area (Å²) in [6, 6.07) is 7.06. The SMILES string of the molecule is CC(C)(C)OC(=O)NC([C]=O)Cc1c[nH]c2ccccc12. The molecule has 2 aromatic rings. The summed E-state index contributed by atoms with van der Waals surface area (Å²) >= 11 is 0. The van der Waals surface area contributed by atoms with Crippen LogP contribution in [0.2, 0.25) is 0 Å². The minimum absolute atomic E-state index is 0.368. The molecule has 111 valence electrons. The van der Waals surface area contributed by atoms with Crippen LogP contribution >= 0.6 is 0 Å². The maximum atomic E-state index is 11.7. The molecular formula is C16H19N2O3. The molecule has 0 aliphatic heterocycles. The average Bonchev–Trinajstić information content (AvgIpc) is 2.79. The molecule has 0 aliphatic carbocycles. The van der Waals surface area contributed by atoms with E-state index in [9.17, 15) is 9.59 Å². The molecule has 2 N–H and O–H groups in total. The summed E-state index contributed by atoms with van der Waals surface area (Å²) in [5.74, 6) is 0. The van der Waals surface area contributed by atoms with Crippen molar-refractivity contribution < 1.29 is 14.3 Å². The highest BCUT2D eigenvalue weighted by Crippen LogP contribution is 2.19. The Hall–Kier alpha value is -2.30. The Morgan fingerprint density at radius 2 is 2.10 bits per heavy atom. The molecule has 1 atom stereocenters. The molecule has 0 fully saturated rings. The zero-order valence-electron chi connectivity index (χ0n) is 12.4. The fourth-order valence-electron chi connectivity index (χ4n) is 2.09. The number of rotatable bonds is 4. The third kappa shape index (κ3) is 4.08. The van der Waals surface area contributed by atoms with Crippen LogP contribution in [-0.2, 0) is 16.0 Å². The number of H-pyrrole nitrogens is 1. The van der Waals surface area contributed by atoms with Gasteiger partial charge in [-0.15, -0.1) is 0 Å². The number of aromatic amines is 1. The number of ether oxygens (including phenoxy) is 1. The highest BCUT2D eigenvalue weighted by molar-refractivity contribution is 5.84. The molecule has 0 spiro atoms. The van der Waals surface area contributed by atoms with Gasteiger partial charge < -0.3 is 15.0 Å². The van der Waals surface area contributed by atoms with Gasteiger partial charge in [-0.3, -0.25) is 4.79 Å². The fraction of sp³-hybridized carbons (Fsp3) is 0.375. The molecule has 1 amide bonds. The molecule has 1 unspecified atom stereocenters. The van der Waals surface area contributed by atoms with E-state index in [-0.39, 0.29) is 0 Å². The van der Waals surface area contributed by atoms with E-state index in [1.807, 2.05) is 36.7 Å². The highest BCUT2D eigenvalue weighted by atomic mass is 16.6. The first kappa shape index (κ1) is 15.1. The van der Waals surface area contributed by atoms with Crippen LogP contribution in [0.25, 0.3) is 10.9 Å². The number of benzene rings is 1. The molecule has 21 heavy (non-hydrogen) atoms. The lowest BCUT2D eigenvalue weighted by Gasteiger charge is -2.21. The van der Waals surface area contributed by atoms with Crippen molar-refractivity contribution >= 4 is 23.3 Å². The van der Waals surface area contributed by atoms with E-state index in [0.717, 1.165) is 16.5 Å². The van der Waals surface area contributed by atoms with Crippen LogP contribution in [0.3, 0.4) is 0 Å². The van der Waals surface area contributed by atoms with Gasteiger partial charge in [0.1, 0.15) is 11.6 Å². The Labute approximate surface area is 123 Å². The molecule has 5 heteroatoms. The van der Waals surface area contributed by atoms with Gasteiger partial charge in [0, 0.05) is 23.5 Å². The molecule has 0 saturated carbocycles. The van der Waals surface area contributed by atoms with Crippen molar-refractivity contribution in [2.45, 2.75) is 38.8 Å². The summed E-state index contributed by atoms with van der Waals surface area (Å²) < 4.78 is 5.14. The summed E-state index contributed by atoms with van der Waals surface area (Å²) in [6.07, 6.45) is 3.44. The number of carbonyl (C=O) groups is 1. The molecule has 2 rings (SSSR count). The zero-order valence-corrected chi connectivity index (χ0v) is 12.4. The molecule has 0 aliphatic rings. The number of alkyl carbamates (subject to hydrolysis) is 1. The van der Waals surface area contributed by atoms with Crippen LogP contribution < -0.4 is 5.32 Å². The van der Waals surface area contributed by atoms with E-state index in [2.05, 4.69) is 10.3 Å². The summed E-state index contributed by atoms with van der Waals surface area (Å²) in [6.45, 7) is 5.31. The Morgan fingerprint density at radius 3 is 2.76 bits per heavy atom. The van der Waals surface area contributed by atoms with Crippen molar-refractivity contribution in [3.05, 3.63) is 36.0 Å². The van der Waals surface area contributed by atoms with Crippen molar-refractivity contribution in [2.75, 3.05) is 0 Å². The molecular weight excluding hydrogens is 268 g/mol. The van der Waals surface area contributed by atoms with Gasteiger partial charge in [0.05, 0.1) is 0 Å². The van der Waals surface area contributed by atoms with Crippen molar-refractivity contribution in [2.24, 2.45) is 0 Å². The van der Waals surface area contributed by atoms with Gasteiger partial charge in [-0.2, -0.15) is 0 Å². The van der Waals surface area contributed by atoms with Crippen LogP contribution in [0.5, 0.6) is 0 Å². The van der Waals surface area contributed by atoms with E-state index in [1.165, 1.54) is 0 Å². The number of hydrogen-bond acceptors (Lipinski definition) is 3. The summed E-state index contributed by atoms with van der Waals surface area (Å²) in [4.78, 5) is 25.9. The highest BCUT2D eigenvalue weighted by Gasteiger charge is 2.20. The average molecular weight is 287 g/mol. The first-order valence-corrected chi connectivity index (χ1v) is 6.81. The fourth-order valence-corrected chi connectivity index (χ4v) is 2.09. The first-order chi connectivity index (χ1) is 9.89. The molecule has 0 bridgehead atoms. The van der Waals surface area contributed by atoms with Crippen LogP contribution in [-0.4, -0.2) is 29.0 Å². The Bertz CT molecular complexity index is 640. The lowest BCUT2D eigenvalue weighted by atomic mass is 10.1. The predicted octanol–water partition coefficient (Wildman–Crippen LogP) is 2.71. The van der Waals surface area contributed by atoms with Gasteiger partial charge in [-0.05, 0) is 32.4 Å². The zero-order chi connectivity index (χ0) is 15.5. The second kappa shape index (κ2) is 5.99. The van der Waals surface area contributed by atoms with Gasteiger partial charge in [0.25, 0.3) is 0 Å². The lowest BCUT2D eigenvalue weighted by molar-refractivity contribution is 0.0517. The Kier molecular flexibility index (Phi) is 4.31. The van der Waals surface area contributed by atoms with Crippen LogP contribution in [0.1, 0.15) is 26.3 Å². The summed E-state index contributed by atoms with van der Waals surface area (Å²) in [5.41, 5.74) is 1.35. The Morgan fingerprint density at radius 1 is 1.38 bits per heavy atom. The number of aromatic nitrogens is 1. The minimum Gasteiger partial charge on any atom is -0.444 e. The van der Waals surface area contributed by atoms with Crippen molar-refractivity contribution in [1.82, 2.24) is 10.3 Å². The third-order valence-corrected chi connectivity index (χ3v) is 2.93. The standard InChI is InChI=1S/C16H19N2O3/c1-16(2,3)21-15(20)18-12(10-19)8-11-9-17-14-7-5-4-6-13(11)14/h4-7,9,12,17H,8H2,1-3H3,(H,18,20). The molecule has 1 heterocycles. The van der Waals surface area contributed by atoms with Gasteiger partial charge in [0.2, 0.25) is 6.29 Å². The maximum Gasteiger partial charge on any atom is 0.408 e. The quantitative estimate of drug-likeness (QED) is 0.908. The van der Waals surface area contributed by atoms with Crippen LogP contribution in [0.4, 0.5) is 4.79 Å². The topological polar surface area (TPSA) is 71.2 Å². The normalized spacial score (nSPS) is 12.9. The lowest BCUT2D eigenvalue weighted by Crippen LogP contribution is -2.41. The number of hydrogen-bond donors (Lipinski definition) is 2. The summed E-state index contributed by atoms with van der Waals surface area (Å²) in [7, 11) is 0. The first-order valence-electron chi connectivity index (χ1n) is 6.81. The van der Waals surface area contributed by atoms with Gasteiger partial charge in [-0.1, -0.05) is 18.2 Å². The second-order valence-corrected chi connectivity index (χ2v) is 5.88. The molecule has 0 saturated heterocycles. The molecule has 5 nitrogen and oxygen atoms in total. The Balaban J connectivity index is 2.06. The van der Waals surface area contributed by atoms with E-state index in [0.29, 0.717) is 6.42 Å². The summed E-state index contributed by atoms with van der Waals surface area (Å²) in [5, 5.41) is 3.56. The number of para-hydroxylation sites is 1. The minimum atomic E-state index is -0.737. The van der Waals surface area contributed by atoms with E-state index < -0.39 is 17.7 Å². The smallest absolute Gasteiger partial charge is 0.408 e. The van der Waals surface area contributed by atoms with Crippen molar-refractivity contribution in [3.63, 3.8) is 0 Å². The van der Waals surface area contributed by atoms with Crippen molar-refractivity contribution in [3.8, 4) is 0 Å². The van der Waals surface area contributed by atoms with Crippen LogP contribution in [0, 0.1) is 0 Å². The molecule has 1 aromatic heterocycles. The van der Waals surface area contributed by atoms with Crippen molar-refractivity contribution in [1.29, 1.82) is 0 Å². The molecule has 1 aromatic carbocycles. The number of fused-ring (bicyclic) bond motifs is 1. The van der Waals surface area contributed by atoms with Gasteiger partial charge >= 0.3 is 6.09 Å². The van der Waals surface area contributed by atoms with Crippen LogP contribution in [0.15, 0.2) is 30.5 Å². The maximum absolute atomic E-state index is 11.7. The number of nitrogens with one attached hydrogen (secondary N) is 2.